The molecule has 7 heteroatoms. The summed E-state index contributed by atoms with van der Waals surface area (Å²) in [6, 6.07) is 6.98. The van der Waals surface area contributed by atoms with Crippen LogP contribution < -0.4 is 10.6 Å². The summed E-state index contributed by atoms with van der Waals surface area (Å²) >= 11 is 0. The highest BCUT2D eigenvalue weighted by atomic mass is 16.4. The van der Waals surface area contributed by atoms with Crippen molar-refractivity contribution in [3.8, 4) is 0 Å². The van der Waals surface area contributed by atoms with Crippen LogP contribution in [-0.4, -0.2) is 47.5 Å². The lowest BCUT2D eigenvalue weighted by atomic mass is 10.0. The van der Waals surface area contributed by atoms with Crippen LogP contribution in [0.1, 0.15) is 24.9 Å². The van der Waals surface area contributed by atoms with Crippen molar-refractivity contribution < 1.29 is 19.5 Å². The zero-order chi connectivity index (χ0) is 18.1. The molecule has 0 aliphatic carbocycles. The van der Waals surface area contributed by atoms with Crippen LogP contribution in [0, 0.1) is 0 Å². The van der Waals surface area contributed by atoms with Gasteiger partial charge in [0.25, 0.3) is 0 Å². The number of rotatable bonds is 8. The number of carbonyl (C=O) groups excluding carboxylic acids is 2. The van der Waals surface area contributed by atoms with E-state index in [9.17, 15) is 14.4 Å². The molecule has 1 aromatic rings. The van der Waals surface area contributed by atoms with Gasteiger partial charge in [0.15, 0.2) is 0 Å². The van der Waals surface area contributed by atoms with Crippen LogP contribution in [0.2, 0.25) is 0 Å². The van der Waals surface area contributed by atoms with Gasteiger partial charge in [0.1, 0.15) is 12.1 Å². The molecule has 0 spiro atoms. The van der Waals surface area contributed by atoms with E-state index in [2.05, 4.69) is 17.2 Å². The van der Waals surface area contributed by atoms with Gasteiger partial charge in [-0.1, -0.05) is 43.3 Å². The molecular weight excluding hydrogens is 310 g/mol. The summed E-state index contributed by atoms with van der Waals surface area (Å²) in [6.07, 6.45) is 0.572. The van der Waals surface area contributed by atoms with E-state index in [1.165, 1.54) is 4.90 Å². The molecule has 2 atom stereocenters. The molecule has 130 valence electrons. The van der Waals surface area contributed by atoms with Gasteiger partial charge in [0.2, 0.25) is 11.8 Å². The fraction of sp³-hybridized carbons (Fsp3) is 0.353. The Kier molecular flexibility index (Phi) is 7.48. The first-order chi connectivity index (χ1) is 11.4. The van der Waals surface area contributed by atoms with Gasteiger partial charge in [-0.25, -0.2) is 4.79 Å². The van der Waals surface area contributed by atoms with Crippen molar-refractivity contribution in [1.29, 1.82) is 0 Å². The summed E-state index contributed by atoms with van der Waals surface area (Å²) in [5, 5.41) is 13.6. The summed E-state index contributed by atoms with van der Waals surface area (Å²) in [5.41, 5.74) is 0.622. The lowest BCUT2D eigenvalue weighted by Gasteiger charge is -2.26. The molecular formula is C17H23N3O4. The summed E-state index contributed by atoms with van der Waals surface area (Å²) in [6.45, 7) is 5.61. The number of benzene rings is 1. The lowest BCUT2D eigenvalue weighted by molar-refractivity contribution is -0.135. The summed E-state index contributed by atoms with van der Waals surface area (Å²) in [4.78, 5) is 37.2. The Morgan fingerprint density at radius 2 is 1.88 bits per heavy atom. The van der Waals surface area contributed by atoms with Crippen molar-refractivity contribution in [2.45, 2.75) is 25.4 Å². The maximum atomic E-state index is 12.6. The molecule has 0 unspecified atom stereocenters. The monoisotopic (exact) mass is 333 g/mol. The molecule has 0 saturated carbocycles. The predicted molar refractivity (Wildman–Crippen MR) is 90.4 cm³/mol. The molecule has 3 amide bonds. The molecule has 0 aliphatic rings. The molecule has 0 aromatic heterocycles. The maximum Gasteiger partial charge on any atom is 0.405 e. The fourth-order valence-electron chi connectivity index (χ4n) is 2.18. The second-order valence-electron chi connectivity index (χ2n) is 5.27. The van der Waals surface area contributed by atoms with Gasteiger partial charge >= 0.3 is 6.09 Å². The van der Waals surface area contributed by atoms with E-state index < -0.39 is 24.1 Å². The van der Waals surface area contributed by atoms with Crippen molar-refractivity contribution in [1.82, 2.24) is 15.5 Å². The van der Waals surface area contributed by atoms with Gasteiger partial charge in [0, 0.05) is 13.6 Å². The van der Waals surface area contributed by atoms with Crippen LogP contribution in [0.4, 0.5) is 4.79 Å². The molecule has 1 rings (SSSR count). The number of carbonyl (C=O) groups is 3. The van der Waals surface area contributed by atoms with Gasteiger partial charge in [0.05, 0.1) is 0 Å². The van der Waals surface area contributed by atoms with Crippen LogP contribution in [-0.2, 0) is 9.59 Å². The van der Waals surface area contributed by atoms with E-state index in [1.54, 1.807) is 50.4 Å². The van der Waals surface area contributed by atoms with Crippen molar-refractivity contribution in [2.24, 2.45) is 0 Å². The van der Waals surface area contributed by atoms with E-state index in [1.807, 2.05) is 0 Å². The van der Waals surface area contributed by atoms with Gasteiger partial charge in [-0.2, -0.15) is 0 Å². The van der Waals surface area contributed by atoms with Crippen LogP contribution in [0.25, 0.3) is 0 Å². The minimum absolute atomic E-state index is 0.274. The van der Waals surface area contributed by atoms with E-state index in [4.69, 9.17) is 5.11 Å². The Balaban J connectivity index is 3.01. The number of nitrogens with one attached hydrogen (secondary N) is 2. The zero-order valence-electron chi connectivity index (χ0n) is 13.9. The predicted octanol–water partition coefficient (Wildman–Crippen LogP) is 1.53. The standard InChI is InChI=1S/C17H23N3O4/c1-4-11-20(3)16(22)14(12-9-7-6-8-10-12)19-15(21)13(5-2)18-17(23)24/h4,6-10,13-14,18H,1,5,11H2,2-3H3,(H,19,21)(H,23,24)/t13-,14+/m0/s1. The average Bonchev–Trinajstić information content (AvgIpc) is 2.57. The number of nitrogens with zero attached hydrogens (tertiary/aromatic N) is 1. The maximum absolute atomic E-state index is 12.6. The topological polar surface area (TPSA) is 98.7 Å². The highest BCUT2D eigenvalue weighted by Gasteiger charge is 2.28. The molecule has 0 saturated heterocycles. The Hall–Kier alpha value is -2.83. The van der Waals surface area contributed by atoms with Gasteiger partial charge in [-0.05, 0) is 12.0 Å². The smallest absolute Gasteiger partial charge is 0.405 e. The highest BCUT2D eigenvalue weighted by molar-refractivity contribution is 5.91. The molecule has 0 fully saturated rings. The first kappa shape index (κ1) is 19.2. The van der Waals surface area contributed by atoms with Crippen LogP contribution in [0.5, 0.6) is 0 Å². The molecule has 0 radical (unpaired) electrons. The number of carboxylic acid groups (broad SMARTS) is 1. The molecule has 7 nitrogen and oxygen atoms in total. The third-order valence-electron chi connectivity index (χ3n) is 3.47. The van der Waals surface area contributed by atoms with Crippen LogP contribution >= 0.6 is 0 Å². The Morgan fingerprint density at radius 3 is 2.38 bits per heavy atom. The molecule has 24 heavy (non-hydrogen) atoms. The number of hydrogen-bond donors (Lipinski definition) is 3. The van der Waals surface area contributed by atoms with E-state index >= 15 is 0 Å². The largest absolute Gasteiger partial charge is 0.465 e. The third kappa shape index (κ3) is 5.42. The summed E-state index contributed by atoms with van der Waals surface area (Å²) in [5.74, 6) is -0.853. The molecule has 0 bridgehead atoms. The van der Waals surface area contributed by atoms with Gasteiger partial charge in [-0.15, -0.1) is 6.58 Å². The minimum Gasteiger partial charge on any atom is -0.465 e. The number of amides is 3. The molecule has 1 aromatic carbocycles. The SMILES string of the molecule is C=CCN(C)C(=O)[C@H](NC(=O)[C@H](CC)NC(=O)O)c1ccccc1. The second kappa shape index (κ2) is 9.34. The van der Waals surface area contributed by atoms with Crippen LogP contribution in [0.3, 0.4) is 0 Å². The van der Waals surface area contributed by atoms with Crippen LogP contribution in [0.15, 0.2) is 43.0 Å². The number of likely N-dealkylation sites (N-methyl/N-ethyl adjacent to an activating group) is 1. The van der Waals surface area contributed by atoms with Crippen molar-refractivity contribution in [3.05, 3.63) is 48.6 Å². The first-order valence-corrected chi connectivity index (χ1v) is 7.61. The minimum atomic E-state index is -1.29. The van der Waals surface area contributed by atoms with E-state index in [0.29, 0.717) is 12.1 Å². The van der Waals surface area contributed by atoms with E-state index in [0.717, 1.165) is 0 Å². The molecule has 0 heterocycles. The van der Waals surface area contributed by atoms with Gasteiger partial charge < -0.3 is 20.6 Å². The highest BCUT2D eigenvalue weighted by Crippen LogP contribution is 2.16. The third-order valence-corrected chi connectivity index (χ3v) is 3.47. The second-order valence-corrected chi connectivity index (χ2v) is 5.27. The quantitative estimate of drug-likeness (QED) is 0.628. The Morgan fingerprint density at radius 1 is 1.25 bits per heavy atom. The first-order valence-electron chi connectivity index (χ1n) is 7.61. The Labute approximate surface area is 141 Å². The summed E-state index contributed by atoms with van der Waals surface area (Å²) < 4.78 is 0. The lowest BCUT2D eigenvalue weighted by Crippen LogP contribution is -2.50. The van der Waals surface area contributed by atoms with Crippen molar-refractivity contribution in [3.63, 3.8) is 0 Å². The normalized spacial score (nSPS) is 12.6. The Bertz CT molecular complexity index is 589. The zero-order valence-corrected chi connectivity index (χ0v) is 13.9. The van der Waals surface area contributed by atoms with Gasteiger partial charge in [-0.3, -0.25) is 9.59 Å². The number of hydrogen-bond acceptors (Lipinski definition) is 3. The fourth-order valence-corrected chi connectivity index (χ4v) is 2.18. The molecule has 0 aliphatic heterocycles. The summed E-state index contributed by atoms with van der Waals surface area (Å²) in [7, 11) is 1.61. The average molecular weight is 333 g/mol. The van der Waals surface area contributed by atoms with E-state index in [-0.39, 0.29) is 12.3 Å². The van der Waals surface area contributed by atoms with Crippen molar-refractivity contribution in [2.75, 3.05) is 13.6 Å². The van der Waals surface area contributed by atoms with Crippen molar-refractivity contribution >= 4 is 17.9 Å². The molecule has 3 N–H and O–H groups in total.